The lowest BCUT2D eigenvalue weighted by atomic mass is 10.0. The molecular formula is C36H37N7O3. The zero-order valence-electron chi connectivity index (χ0n) is 26.2. The molecule has 234 valence electrons. The second-order valence-electron chi connectivity index (χ2n) is 13.1. The van der Waals surface area contributed by atoms with Gasteiger partial charge in [0.1, 0.15) is 0 Å². The van der Waals surface area contributed by atoms with E-state index < -0.39 is 5.97 Å². The van der Waals surface area contributed by atoms with E-state index in [4.69, 9.17) is 19.9 Å². The van der Waals surface area contributed by atoms with Crippen molar-refractivity contribution in [2.75, 3.05) is 22.9 Å². The largest absolute Gasteiger partial charge is 0.478 e. The molecule has 3 atom stereocenters. The molecule has 8 rings (SSSR count). The predicted octanol–water partition coefficient (Wildman–Crippen LogP) is 5.40. The van der Waals surface area contributed by atoms with Crippen LogP contribution >= 0.6 is 0 Å². The highest BCUT2D eigenvalue weighted by Crippen LogP contribution is 2.39. The first-order valence-electron chi connectivity index (χ1n) is 16.4. The van der Waals surface area contributed by atoms with Crippen molar-refractivity contribution in [3.05, 3.63) is 82.2 Å². The molecule has 0 saturated carbocycles. The number of carboxylic acids is 1. The number of nitrogens with zero attached hydrogens (tertiary/aromatic N) is 6. The molecule has 2 aliphatic heterocycles. The topological polar surface area (TPSA) is 124 Å². The highest BCUT2D eigenvalue weighted by molar-refractivity contribution is 5.96. The number of aryl methyl sites for hydroxylation is 1. The lowest BCUT2D eigenvalue weighted by molar-refractivity contribution is 0.0696. The first-order chi connectivity index (χ1) is 22.3. The summed E-state index contributed by atoms with van der Waals surface area (Å²) >= 11 is 0. The van der Waals surface area contributed by atoms with Crippen molar-refractivity contribution in [2.24, 2.45) is 0 Å². The Labute approximate surface area is 267 Å². The maximum Gasteiger partial charge on any atom is 0.335 e. The zero-order chi connectivity index (χ0) is 31.5. The Balaban J connectivity index is 1.11. The minimum atomic E-state index is -0.977. The second kappa shape index (κ2) is 11.2. The average Bonchev–Trinajstić information content (AvgIpc) is 3.70. The lowest BCUT2D eigenvalue weighted by Gasteiger charge is -2.39. The average molecular weight is 616 g/mol. The summed E-state index contributed by atoms with van der Waals surface area (Å²) in [5.41, 5.74) is 8.26. The molecule has 2 aromatic carbocycles. The quantitative estimate of drug-likeness (QED) is 0.281. The Morgan fingerprint density at radius 3 is 2.02 bits per heavy atom. The van der Waals surface area contributed by atoms with E-state index in [1.54, 1.807) is 18.2 Å². The fourth-order valence-corrected chi connectivity index (χ4v) is 7.22. The SMILES string of the molecule is C[C@H]1CCN1c1nc2c(c(-c3cccc(C(=O)NC4CCc5c(-c6cccc(C(=O)O)c6)nc(N6CC[C@@H]6C)nc54)c3)n1)CCC2. The first-order valence-corrected chi connectivity index (χ1v) is 16.4. The molecule has 4 aliphatic rings. The maximum absolute atomic E-state index is 13.8. The number of carbonyl (C=O) groups is 2. The van der Waals surface area contributed by atoms with Crippen molar-refractivity contribution in [1.29, 1.82) is 0 Å². The molecule has 2 aromatic heterocycles. The molecule has 2 aliphatic carbocycles. The number of amides is 1. The fraction of sp³-hybridized carbons (Fsp3) is 0.389. The summed E-state index contributed by atoms with van der Waals surface area (Å²) in [6.45, 7) is 6.19. The third kappa shape index (κ3) is 4.87. The van der Waals surface area contributed by atoms with Gasteiger partial charge in [0.25, 0.3) is 5.91 Å². The van der Waals surface area contributed by atoms with E-state index in [2.05, 4.69) is 29.0 Å². The second-order valence-corrected chi connectivity index (χ2v) is 13.1. The summed E-state index contributed by atoms with van der Waals surface area (Å²) in [5.74, 6) is 0.286. The predicted molar refractivity (Wildman–Crippen MR) is 175 cm³/mol. The molecule has 46 heavy (non-hydrogen) atoms. The van der Waals surface area contributed by atoms with Gasteiger partial charge >= 0.3 is 5.97 Å². The van der Waals surface area contributed by atoms with Crippen LogP contribution in [0.3, 0.4) is 0 Å². The monoisotopic (exact) mass is 615 g/mol. The minimum absolute atomic E-state index is 0.158. The Bertz CT molecular complexity index is 1890. The number of rotatable bonds is 7. The third-order valence-electron chi connectivity index (χ3n) is 10.2. The summed E-state index contributed by atoms with van der Waals surface area (Å²) in [7, 11) is 0. The molecular weight excluding hydrogens is 578 g/mol. The van der Waals surface area contributed by atoms with Crippen LogP contribution in [0.4, 0.5) is 11.9 Å². The van der Waals surface area contributed by atoms with Gasteiger partial charge in [-0.1, -0.05) is 24.3 Å². The standard InChI is InChI=1S/C36H37N7O3/c1-20-14-16-42(20)35-38-28-11-5-10-26(28)30(39-35)22-6-3-8-24(18-22)33(44)37-29-13-12-27-31(23-7-4-9-25(19-23)34(45)46)40-36(41-32(27)29)43-17-15-21(43)2/h3-4,6-9,18-21,29H,5,10-17H2,1-2H3,(H,37,44)(H,45,46)/t20-,21-,29?/m0/s1. The number of anilines is 2. The number of aromatic carboxylic acids is 1. The number of hydrogen-bond donors (Lipinski definition) is 2. The number of benzene rings is 2. The highest BCUT2D eigenvalue weighted by atomic mass is 16.4. The number of hydrogen-bond acceptors (Lipinski definition) is 8. The summed E-state index contributed by atoms with van der Waals surface area (Å²) in [6, 6.07) is 15.2. The third-order valence-corrected chi connectivity index (χ3v) is 10.2. The van der Waals surface area contributed by atoms with Gasteiger partial charge in [-0.15, -0.1) is 0 Å². The van der Waals surface area contributed by atoms with Crippen molar-refractivity contribution in [1.82, 2.24) is 25.3 Å². The van der Waals surface area contributed by atoms with Crippen LogP contribution in [-0.4, -0.2) is 62.1 Å². The van der Waals surface area contributed by atoms with Crippen LogP contribution in [0.5, 0.6) is 0 Å². The van der Waals surface area contributed by atoms with Gasteiger partial charge in [-0.25, -0.2) is 24.7 Å². The Kier molecular flexibility index (Phi) is 6.96. The summed E-state index contributed by atoms with van der Waals surface area (Å²) in [5, 5.41) is 12.9. The van der Waals surface area contributed by atoms with Gasteiger partial charge in [-0.3, -0.25) is 4.79 Å². The molecule has 2 fully saturated rings. The van der Waals surface area contributed by atoms with Crippen LogP contribution in [0.15, 0.2) is 48.5 Å². The van der Waals surface area contributed by atoms with Crippen LogP contribution in [0.1, 0.15) is 88.8 Å². The first kappa shape index (κ1) is 28.6. The molecule has 0 spiro atoms. The van der Waals surface area contributed by atoms with E-state index in [-0.39, 0.29) is 17.5 Å². The van der Waals surface area contributed by atoms with Gasteiger partial charge in [-0.05, 0) is 83.1 Å². The van der Waals surface area contributed by atoms with E-state index in [0.717, 1.165) is 90.6 Å². The molecule has 4 aromatic rings. The summed E-state index contributed by atoms with van der Waals surface area (Å²) < 4.78 is 0. The van der Waals surface area contributed by atoms with Gasteiger partial charge in [0.15, 0.2) is 0 Å². The van der Waals surface area contributed by atoms with Gasteiger partial charge < -0.3 is 20.2 Å². The lowest BCUT2D eigenvalue weighted by Crippen LogP contribution is -2.47. The Morgan fingerprint density at radius 1 is 0.761 bits per heavy atom. The van der Waals surface area contributed by atoms with Gasteiger partial charge in [0.2, 0.25) is 11.9 Å². The van der Waals surface area contributed by atoms with E-state index in [1.165, 1.54) is 5.56 Å². The molecule has 4 heterocycles. The Morgan fingerprint density at radius 2 is 1.39 bits per heavy atom. The summed E-state index contributed by atoms with van der Waals surface area (Å²) in [6.07, 6.45) is 6.57. The molecule has 10 heteroatoms. The molecule has 1 amide bonds. The minimum Gasteiger partial charge on any atom is -0.478 e. The maximum atomic E-state index is 13.8. The van der Waals surface area contributed by atoms with Crippen molar-refractivity contribution in [2.45, 2.75) is 76.9 Å². The smallest absolute Gasteiger partial charge is 0.335 e. The number of carbonyl (C=O) groups excluding carboxylic acids is 1. The van der Waals surface area contributed by atoms with Gasteiger partial charge in [0, 0.05) is 58.7 Å². The normalized spacial score (nSPS) is 21.3. The van der Waals surface area contributed by atoms with E-state index in [1.807, 2.05) is 30.3 Å². The van der Waals surface area contributed by atoms with Crippen molar-refractivity contribution in [3.8, 4) is 22.5 Å². The number of carboxylic acid groups (broad SMARTS) is 1. The molecule has 0 radical (unpaired) electrons. The number of nitrogens with one attached hydrogen (secondary N) is 1. The van der Waals surface area contributed by atoms with Gasteiger partial charge in [0.05, 0.1) is 28.7 Å². The zero-order valence-corrected chi connectivity index (χ0v) is 26.2. The number of aromatic nitrogens is 4. The molecule has 10 nitrogen and oxygen atoms in total. The molecule has 0 bridgehead atoms. The molecule has 2 N–H and O–H groups in total. The molecule has 2 saturated heterocycles. The Hall–Kier alpha value is -4.86. The number of fused-ring (bicyclic) bond motifs is 2. The van der Waals surface area contributed by atoms with E-state index in [9.17, 15) is 14.7 Å². The molecule has 1 unspecified atom stereocenters. The fourth-order valence-electron chi connectivity index (χ4n) is 7.22. The van der Waals surface area contributed by atoms with E-state index in [0.29, 0.717) is 36.4 Å². The van der Waals surface area contributed by atoms with Crippen LogP contribution in [0.2, 0.25) is 0 Å². The van der Waals surface area contributed by atoms with Gasteiger partial charge in [-0.2, -0.15) is 0 Å². The highest BCUT2D eigenvalue weighted by Gasteiger charge is 2.34. The van der Waals surface area contributed by atoms with Crippen molar-refractivity contribution < 1.29 is 14.7 Å². The van der Waals surface area contributed by atoms with Crippen LogP contribution < -0.4 is 15.1 Å². The van der Waals surface area contributed by atoms with Crippen LogP contribution in [-0.2, 0) is 19.3 Å². The van der Waals surface area contributed by atoms with Crippen molar-refractivity contribution in [3.63, 3.8) is 0 Å². The van der Waals surface area contributed by atoms with Crippen molar-refractivity contribution >= 4 is 23.8 Å². The van der Waals surface area contributed by atoms with E-state index >= 15 is 0 Å². The van der Waals surface area contributed by atoms with Crippen LogP contribution in [0.25, 0.3) is 22.5 Å². The van der Waals surface area contributed by atoms with Crippen LogP contribution in [0, 0.1) is 0 Å². The summed E-state index contributed by atoms with van der Waals surface area (Å²) in [4.78, 5) is 50.0.